The quantitative estimate of drug-likeness (QED) is 0.895. The Bertz CT molecular complexity index is 514. The van der Waals surface area contributed by atoms with Gasteiger partial charge in [0.1, 0.15) is 0 Å². The number of nitrogens with zero attached hydrogens (tertiary/aromatic N) is 1. The van der Waals surface area contributed by atoms with Gasteiger partial charge in [0.15, 0.2) is 0 Å². The molecule has 1 aromatic carbocycles. The predicted octanol–water partition coefficient (Wildman–Crippen LogP) is 2.99. The lowest BCUT2D eigenvalue weighted by molar-refractivity contribution is -0.117. The second kappa shape index (κ2) is 7.44. The third kappa shape index (κ3) is 4.45. The Morgan fingerprint density at radius 2 is 2.05 bits per heavy atom. The van der Waals surface area contributed by atoms with Crippen molar-refractivity contribution in [3.63, 3.8) is 0 Å². The summed E-state index contributed by atoms with van der Waals surface area (Å²) in [7, 11) is 0. The topological polar surface area (TPSA) is 52.6 Å². The van der Waals surface area contributed by atoms with Crippen molar-refractivity contribution in [3.05, 3.63) is 28.3 Å². The van der Waals surface area contributed by atoms with Gasteiger partial charge in [-0.05, 0) is 69.8 Å². The largest absolute Gasteiger partial charge is 0.393 e. The van der Waals surface area contributed by atoms with Gasteiger partial charge in [-0.1, -0.05) is 17.7 Å². The molecule has 1 unspecified atom stereocenters. The summed E-state index contributed by atoms with van der Waals surface area (Å²) in [5, 5.41) is 13.1. The molecule has 1 aromatic rings. The van der Waals surface area contributed by atoms with Crippen molar-refractivity contribution in [2.45, 2.75) is 39.7 Å². The fourth-order valence-corrected chi connectivity index (χ4v) is 3.42. The van der Waals surface area contributed by atoms with Crippen LogP contribution in [0.1, 0.15) is 30.9 Å². The van der Waals surface area contributed by atoms with Gasteiger partial charge in [0.05, 0.1) is 23.4 Å². The zero-order valence-corrected chi connectivity index (χ0v) is 14.3. The first-order chi connectivity index (χ1) is 10.4. The Kier molecular flexibility index (Phi) is 5.84. The SMILES string of the molecule is Cc1cc(C)c(NC(=O)CN2CCC(C(C)O)CC2)c(Cl)c1. The number of amides is 1. The molecule has 1 atom stereocenters. The van der Waals surface area contributed by atoms with Crippen molar-refractivity contribution in [1.82, 2.24) is 4.90 Å². The van der Waals surface area contributed by atoms with Crippen molar-refractivity contribution < 1.29 is 9.90 Å². The van der Waals surface area contributed by atoms with E-state index in [0.29, 0.717) is 23.2 Å². The highest BCUT2D eigenvalue weighted by molar-refractivity contribution is 6.34. The average Bonchev–Trinajstić information content (AvgIpc) is 2.43. The van der Waals surface area contributed by atoms with Crippen molar-refractivity contribution in [2.75, 3.05) is 25.0 Å². The molecule has 1 aliphatic rings. The number of aliphatic hydroxyl groups is 1. The number of benzene rings is 1. The van der Waals surface area contributed by atoms with E-state index in [1.54, 1.807) is 0 Å². The molecule has 1 fully saturated rings. The first kappa shape index (κ1) is 17.3. The molecule has 0 bridgehead atoms. The number of nitrogens with one attached hydrogen (secondary N) is 1. The molecule has 2 rings (SSSR count). The summed E-state index contributed by atoms with van der Waals surface area (Å²) in [4.78, 5) is 14.4. The molecule has 22 heavy (non-hydrogen) atoms. The Morgan fingerprint density at radius 1 is 1.41 bits per heavy atom. The van der Waals surface area contributed by atoms with Crippen LogP contribution in [0.4, 0.5) is 5.69 Å². The lowest BCUT2D eigenvalue weighted by Crippen LogP contribution is -2.41. The van der Waals surface area contributed by atoms with E-state index in [0.717, 1.165) is 37.1 Å². The average molecular weight is 325 g/mol. The maximum atomic E-state index is 12.2. The zero-order valence-electron chi connectivity index (χ0n) is 13.5. The van der Waals surface area contributed by atoms with Gasteiger partial charge in [0.2, 0.25) is 5.91 Å². The fourth-order valence-electron chi connectivity index (χ4n) is 3.05. The van der Waals surface area contributed by atoms with Gasteiger partial charge in [0, 0.05) is 0 Å². The molecule has 1 amide bonds. The molecule has 0 radical (unpaired) electrons. The molecule has 0 aromatic heterocycles. The third-order valence-corrected chi connectivity index (χ3v) is 4.68. The predicted molar refractivity (Wildman–Crippen MR) is 90.4 cm³/mol. The van der Waals surface area contributed by atoms with Crippen LogP contribution in [0.3, 0.4) is 0 Å². The Hall–Kier alpha value is -1.10. The van der Waals surface area contributed by atoms with Gasteiger partial charge in [-0.3, -0.25) is 9.69 Å². The number of carbonyl (C=O) groups excluding carboxylic acids is 1. The minimum atomic E-state index is -0.259. The molecule has 4 nitrogen and oxygen atoms in total. The molecule has 0 spiro atoms. The number of rotatable bonds is 4. The van der Waals surface area contributed by atoms with E-state index >= 15 is 0 Å². The number of hydrogen-bond donors (Lipinski definition) is 2. The van der Waals surface area contributed by atoms with E-state index in [2.05, 4.69) is 10.2 Å². The van der Waals surface area contributed by atoms with E-state index in [1.807, 2.05) is 32.9 Å². The molecular formula is C17H25ClN2O2. The lowest BCUT2D eigenvalue weighted by atomic mass is 9.92. The van der Waals surface area contributed by atoms with Gasteiger partial charge >= 0.3 is 0 Å². The van der Waals surface area contributed by atoms with Gasteiger partial charge in [-0.25, -0.2) is 0 Å². The number of carbonyl (C=O) groups is 1. The van der Waals surface area contributed by atoms with Crippen LogP contribution < -0.4 is 5.32 Å². The minimum Gasteiger partial charge on any atom is -0.393 e. The molecule has 0 aliphatic carbocycles. The highest BCUT2D eigenvalue weighted by Gasteiger charge is 2.24. The molecule has 0 saturated carbocycles. The van der Waals surface area contributed by atoms with E-state index in [1.165, 1.54) is 0 Å². The Labute approximate surface area is 137 Å². The zero-order chi connectivity index (χ0) is 16.3. The summed E-state index contributed by atoms with van der Waals surface area (Å²) in [5.74, 6) is 0.317. The summed E-state index contributed by atoms with van der Waals surface area (Å²) in [5.41, 5.74) is 2.77. The number of aryl methyl sites for hydroxylation is 2. The van der Waals surface area contributed by atoms with E-state index < -0.39 is 0 Å². The Morgan fingerprint density at radius 3 is 2.59 bits per heavy atom. The van der Waals surface area contributed by atoms with Gasteiger partial charge in [-0.2, -0.15) is 0 Å². The normalized spacial score (nSPS) is 18.2. The highest BCUT2D eigenvalue weighted by Crippen LogP contribution is 2.27. The molecule has 1 heterocycles. The van der Waals surface area contributed by atoms with Crippen molar-refractivity contribution in [2.24, 2.45) is 5.92 Å². The van der Waals surface area contributed by atoms with Crippen LogP contribution in [0.25, 0.3) is 0 Å². The maximum Gasteiger partial charge on any atom is 0.238 e. The highest BCUT2D eigenvalue weighted by atomic mass is 35.5. The van der Waals surface area contributed by atoms with Crippen LogP contribution >= 0.6 is 11.6 Å². The number of aliphatic hydroxyl groups excluding tert-OH is 1. The van der Waals surface area contributed by atoms with E-state index in [9.17, 15) is 9.90 Å². The number of anilines is 1. The number of piperidine rings is 1. The summed E-state index contributed by atoms with van der Waals surface area (Å²) >= 11 is 6.22. The Balaban J connectivity index is 1.89. The molecule has 2 N–H and O–H groups in total. The molecule has 1 saturated heterocycles. The van der Waals surface area contributed by atoms with Crippen LogP contribution in [0, 0.1) is 19.8 Å². The van der Waals surface area contributed by atoms with Crippen LogP contribution in [-0.4, -0.2) is 41.7 Å². The summed E-state index contributed by atoms with van der Waals surface area (Å²) < 4.78 is 0. The minimum absolute atomic E-state index is 0.0376. The van der Waals surface area contributed by atoms with E-state index in [-0.39, 0.29) is 12.0 Å². The first-order valence-electron chi connectivity index (χ1n) is 7.84. The summed E-state index contributed by atoms with van der Waals surface area (Å²) in [6.07, 6.45) is 1.62. The number of likely N-dealkylation sites (tertiary alicyclic amines) is 1. The number of hydrogen-bond acceptors (Lipinski definition) is 3. The van der Waals surface area contributed by atoms with Crippen LogP contribution in [0.5, 0.6) is 0 Å². The van der Waals surface area contributed by atoms with E-state index in [4.69, 9.17) is 11.6 Å². The van der Waals surface area contributed by atoms with Gasteiger partial charge < -0.3 is 10.4 Å². The van der Waals surface area contributed by atoms with Crippen molar-refractivity contribution in [3.8, 4) is 0 Å². The smallest absolute Gasteiger partial charge is 0.238 e. The van der Waals surface area contributed by atoms with Gasteiger partial charge in [-0.15, -0.1) is 0 Å². The molecule has 5 heteroatoms. The molecular weight excluding hydrogens is 300 g/mol. The second-order valence-electron chi connectivity index (χ2n) is 6.34. The fraction of sp³-hybridized carbons (Fsp3) is 0.588. The van der Waals surface area contributed by atoms with Crippen molar-refractivity contribution >= 4 is 23.2 Å². The molecule has 1 aliphatic heterocycles. The summed E-state index contributed by atoms with van der Waals surface area (Å²) in [6, 6.07) is 3.87. The van der Waals surface area contributed by atoms with Crippen LogP contribution in [0.15, 0.2) is 12.1 Å². The standard InChI is InChI=1S/C17H25ClN2O2/c1-11-8-12(2)17(15(18)9-11)19-16(22)10-20-6-4-14(5-7-20)13(3)21/h8-9,13-14,21H,4-7,10H2,1-3H3,(H,19,22). The van der Waals surface area contributed by atoms with Crippen LogP contribution in [-0.2, 0) is 4.79 Å². The van der Waals surface area contributed by atoms with Gasteiger partial charge in [0.25, 0.3) is 0 Å². The summed E-state index contributed by atoms with van der Waals surface area (Å²) in [6.45, 7) is 7.85. The van der Waals surface area contributed by atoms with Crippen LogP contribution in [0.2, 0.25) is 5.02 Å². The number of halogens is 1. The molecule has 122 valence electrons. The third-order valence-electron chi connectivity index (χ3n) is 4.38. The first-order valence-corrected chi connectivity index (χ1v) is 8.21. The van der Waals surface area contributed by atoms with Crippen molar-refractivity contribution in [1.29, 1.82) is 0 Å². The second-order valence-corrected chi connectivity index (χ2v) is 6.75. The lowest BCUT2D eigenvalue weighted by Gasteiger charge is -2.32. The maximum absolute atomic E-state index is 12.2. The monoisotopic (exact) mass is 324 g/mol.